The minimum absolute atomic E-state index is 0.00767. The lowest BCUT2D eigenvalue weighted by Crippen LogP contribution is -2.47. The molecule has 4 rings (SSSR count). The predicted octanol–water partition coefficient (Wildman–Crippen LogP) is 3.32. The zero-order valence-corrected chi connectivity index (χ0v) is 14.8. The molecule has 5 nitrogen and oxygen atoms in total. The molecule has 26 heavy (non-hydrogen) atoms. The monoisotopic (exact) mass is 350 g/mol. The van der Waals surface area contributed by atoms with Gasteiger partial charge >= 0.3 is 0 Å². The van der Waals surface area contributed by atoms with E-state index in [0.717, 1.165) is 12.8 Å². The van der Waals surface area contributed by atoms with E-state index in [1.54, 1.807) is 13.0 Å². The topological polar surface area (TPSA) is 58.6 Å². The second kappa shape index (κ2) is 6.83. The van der Waals surface area contributed by atoms with E-state index in [9.17, 15) is 9.59 Å². The summed E-state index contributed by atoms with van der Waals surface area (Å²) in [6.07, 6.45) is 3.94. The van der Waals surface area contributed by atoms with Crippen LogP contribution in [-0.4, -0.2) is 24.5 Å². The molecule has 134 valence electrons. The molecule has 0 saturated heterocycles. The summed E-state index contributed by atoms with van der Waals surface area (Å²) in [5.74, 6) is 0.296. The van der Waals surface area contributed by atoms with Crippen LogP contribution in [0.4, 0.5) is 11.4 Å². The Hall–Kier alpha value is -2.82. The van der Waals surface area contributed by atoms with Crippen LogP contribution in [0.5, 0.6) is 5.75 Å². The number of hydrogen-bond donors (Lipinski definition) is 1. The predicted molar refractivity (Wildman–Crippen MR) is 101 cm³/mol. The first-order valence-corrected chi connectivity index (χ1v) is 9.10. The lowest BCUT2D eigenvalue weighted by Gasteiger charge is -2.31. The number of hydrogen-bond acceptors (Lipinski definition) is 3. The van der Waals surface area contributed by atoms with Crippen LogP contribution in [0.15, 0.2) is 42.5 Å². The molecule has 1 aliphatic carbocycles. The third kappa shape index (κ3) is 3.17. The molecule has 1 aliphatic heterocycles. The largest absolute Gasteiger partial charge is 0.481 e. The summed E-state index contributed by atoms with van der Waals surface area (Å²) in [5.41, 5.74) is 4.05. The summed E-state index contributed by atoms with van der Waals surface area (Å²) in [7, 11) is 0. The first-order valence-electron chi connectivity index (χ1n) is 9.10. The van der Waals surface area contributed by atoms with Crippen molar-refractivity contribution in [3.63, 3.8) is 0 Å². The summed E-state index contributed by atoms with van der Waals surface area (Å²) in [6.45, 7) is 1.74. The number of amides is 2. The van der Waals surface area contributed by atoms with Crippen molar-refractivity contribution in [2.45, 2.75) is 38.7 Å². The van der Waals surface area contributed by atoms with E-state index in [2.05, 4.69) is 17.4 Å². The number of fused-ring (bicyclic) bond motifs is 2. The molecule has 0 radical (unpaired) electrons. The van der Waals surface area contributed by atoms with E-state index in [0.29, 0.717) is 17.1 Å². The average molecular weight is 350 g/mol. The zero-order chi connectivity index (χ0) is 18.1. The van der Waals surface area contributed by atoms with Gasteiger partial charge in [-0.05, 0) is 68.0 Å². The SMILES string of the molecule is CC(Oc1ccc2c(c1)CCCC2)C(=O)N1CC(=O)Nc2ccccc21. The molecular weight excluding hydrogens is 328 g/mol. The highest BCUT2D eigenvalue weighted by Crippen LogP contribution is 2.30. The maximum atomic E-state index is 12.9. The summed E-state index contributed by atoms with van der Waals surface area (Å²) in [6, 6.07) is 13.4. The fourth-order valence-corrected chi connectivity index (χ4v) is 3.69. The van der Waals surface area contributed by atoms with Crippen molar-refractivity contribution < 1.29 is 14.3 Å². The van der Waals surface area contributed by atoms with Gasteiger partial charge in [0.1, 0.15) is 12.3 Å². The van der Waals surface area contributed by atoms with Crippen LogP contribution in [0.1, 0.15) is 30.9 Å². The molecule has 2 amide bonds. The van der Waals surface area contributed by atoms with Crippen molar-refractivity contribution in [2.24, 2.45) is 0 Å². The van der Waals surface area contributed by atoms with E-state index in [1.165, 1.54) is 28.9 Å². The van der Waals surface area contributed by atoms with E-state index < -0.39 is 6.10 Å². The van der Waals surface area contributed by atoms with Gasteiger partial charge < -0.3 is 10.1 Å². The summed E-state index contributed by atoms with van der Waals surface area (Å²) in [5, 5.41) is 2.79. The van der Waals surface area contributed by atoms with Crippen LogP contribution in [0.2, 0.25) is 0 Å². The lowest BCUT2D eigenvalue weighted by atomic mass is 9.92. The second-order valence-corrected chi connectivity index (χ2v) is 6.89. The number of anilines is 2. The van der Waals surface area contributed by atoms with Crippen molar-refractivity contribution in [1.82, 2.24) is 0 Å². The minimum atomic E-state index is -0.671. The maximum absolute atomic E-state index is 12.9. The van der Waals surface area contributed by atoms with E-state index >= 15 is 0 Å². The standard InChI is InChI=1S/C21H22N2O3/c1-14(26-17-11-10-15-6-2-3-7-16(15)12-17)21(25)23-13-20(24)22-18-8-4-5-9-19(18)23/h4-5,8-12,14H,2-3,6-7,13H2,1H3,(H,22,24). The highest BCUT2D eigenvalue weighted by Gasteiger charge is 2.30. The zero-order valence-electron chi connectivity index (χ0n) is 14.8. The van der Waals surface area contributed by atoms with Gasteiger partial charge in [0, 0.05) is 0 Å². The Balaban J connectivity index is 1.52. The minimum Gasteiger partial charge on any atom is -0.481 e. The Morgan fingerprint density at radius 2 is 1.88 bits per heavy atom. The molecular formula is C21H22N2O3. The van der Waals surface area contributed by atoms with Crippen LogP contribution < -0.4 is 15.0 Å². The first-order chi connectivity index (χ1) is 12.6. The van der Waals surface area contributed by atoms with E-state index in [4.69, 9.17) is 4.74 Å². The van der Waals surface area contributed by atoms with Gasteiger partial charge in [-0.25, -0.2) is 0 Å². The molecule has 5 heteroatoms. The van der Waals surface area contributed by atoms with Crippen molar-refractivity contribution in [3.8, 4) is 5.75 Å². The first kappa shape index (κ1) is 16.6. The Labute approximate surface area is 153 Å². The van der Waals surface area contributed by atoms with Gasteiger partial charge in [0.15, 0.2) is 6.10 Å². The van der Waals surface area contributed by atoms with Gasteiger partial charge in [0.2, 0.25) is 5.91 Å². The number of para-hydroxylation sites is 2. The Bertz CT molecular complexity index is 862. The number of aryl methyl sites for hydroxylation is 2. The van der Waals surface area contributed by atoms with E-state index in [-0.39, 0.29) is 18.4 Å². The lowest BCUT2D eigenvalue weighted by molar-refractivity contribution is -0.126. The third-order valence-electron chi connectivity index (χ3n) is 5.02. The van der Waals surface area contributed by atoms with Crippen molar-refractivity contribution in [1.29, 1.82) is 0 Å². The quantitative estimate of drug-likeness (QED) is 0.924. The summed E-state index contributed by atoms with van der Waals surface area (Å²) < 4.78 is 5.92. The van der Waals surface area contributed by atoms with Gasteiger partial charge in [-0.3, -0.25) is 14.5 Å². The second-order valence-electron chi connectivity index (χ2n) is 6.89. The number of ether oxygens (including phenoxy) is 1. The molecule has 1 unspecified atom stereocenters. The molecule has 0 bridgehead atoms. The van der Waals surface area contributed by atoms with Crippen LogP contribution >= 0.6 is 0 Å². The molecule has 2 aromatic carbocycles. The highest BCUT2D eigenvalue weighted by molar-refractivity contribution is 6.10. The number of carbonyl (C=O) groups excluding carboxylic acids is 2. The third-order valence-corrected chi connectivity index (χ3v) is 5.02. The maximum Gasteiger partial charge on any atom is 0.268 e. The van der Waals surface area contributed by atoms with Crippen molar-refractivity contribution in [3.05, 3.63) is 53.6 Å². The van der Waals surface area contributed by atoms with E-state index in [1.807, 2.05) is 24.3 Å². The molecule has 1 atom stereocenters. The molecule has 2 aliphatic rings. The fourth-order valence-electron chi connectivity index (χ4n) is 3.69. The normalized spacial score (nSPS) is 17.0. The van der Waals surface area contributed by atoms with Crippen LogP contribution in [0.3, 0.4) is 0 Å². The highest BCUT2D eigenvalue weighted by atomic mass is 16.5. The van der Waals surface area contributed by atoms with Gasteiger partial charge in [0.25, 0.3) is 5.91 Å². The van der Waals surface area contributed by atoms with Crippen molar-refractivity contribution in [2.75, 3.05) is 16.8 Å². The molecule has 2 aromatic rings. The smallest absolute Gasteiger partial charge is 0.268 e. The van der Waals surface area contributed by atoms with Crippen LogP contribution in [0, 0.1) is 0 Å². The Morgan fingerprint density at radius 1 is 1.12 bits per heavy atom. The van der Waals surface area contributed by atoms with Gasteiger partial charge in [-0.2, -0.15) is 0 Å². The number of nitrogens with one attached hydrogen (secondary N) is 1. The van der Waals surface area contributed by atoms with Crippen molar-refractivity contribution >= 4 is 23.2 Å². The fraction of sp³-hybridized carbons (Fsp3) is 0.333. The van der Waals surface area contributed by atoms with Crippen LogP contribution in [0.25, 0.3) is 0 Å². The summed E-state index contributed by atoms with van der Waals surface area (Å²) in [4.78, 5) is 26.4. The van der Waals surface area contributed by atoms with Gasteiger partial charge in [0.05, 0.1) is 11.4 Å². The number of carbonyl (C=O) groups is 2. The molecule has 0 aromatic heterocycles. The number of nitrogens with zero attached hydrogens (tertiary/aromatic N) is 1. The Kier molecular flexibility index (Phi) is 4.37. The number of rotatable bonds is 3. The number of benzene rings is 2. The molecule has 0 saturated carbocycles. The average Bonchev–Trinajstić information content (AvgIpc) is 2.66. The molecule has 1 N–H and O–H groups in total. The Morgan fingerprint density at radius 3 is 2.73 bits per heavy atom. The molecule has 1 heterocycles. The van der Waals surface area contributed by atoms with Gasteiger partial charge in [-0.1, -0.05) is 18.2 Å². The molecule has 0 spiro atoms. The summed E-state index contributed by atoms with van der Waals surface area (Å²) >= 11 is 0. The van der Waals surface area contributed by atoms with Crippen LogP contribution in [-0.2, 0) is 22.4 Å². The molecule has 0 fully saturated rings. The van der Waals surface area contributed by atoms with Gasteiger partial charge in [-0.15, -0.1) is 0 Å².